The van der Waals surface area contributed by atoms with E-state index >= 15 is 0 Å². The lowest BCUT2D eigenvalue weighted by molar-refractivity contribution is -0.402. The Kier molecular flexibility index (Phi) is 2.75. The Morgan fingerprint density at radius 1 is 1.62 bits per heavy atom. The molecule has 1 aliphatic heterocycles. The van der Waals surface area contributed by atoms with Gasteiger partial charge < -0.3 is 4.42 Å². The van der Waals surface area contributed by atoms with Gasteiger partial charge in [-0.25, -0.2) is 0 Å². The molecule has 2 rings (SSSR count). The second kappa shape index (κ2) is 3.93. The standard InChI is InChI=1S/C10H11NO4S/c1-10(5-2-6-16-10)9(12)7-3-4-8(15-7)11(13)14/h3-4H,2,5-6H2,1H3. The summed E-state index contributed by atoms with van der Waals surface area (Å²) in [7, 11) is 0. The topological polar surface area (TPSA) is 73.3 Å². The zero-order chi connectivity index (χ0) is 11.8. The van der Waals surface area contributed by atoms with E-state index in [1.807, 2.05) is 6.92 Å². The summed E-state index contributed by atoms with van der Waals surface area (Å²) in [5.74, 6) is 0.507. The second-order valence-electron chi connectivity index (χ2n) is 3.91. The van der Waals surface area contributed by atoms with Gasteiger partial charge in [-0.1, -0.05) is 0 Å². The average molecular weight is 241 g/mol. The molecule has 0 radical (unpaired) electrons. The number of nitro groups is 1. The first-order chi connectivity index (χ1) is 7.53. The van der Waals surface area contributed by atoms with Crippen molar-refractivity contribution in [1.82, 2.24) is 0 Å². The fourth-order valence-corrected chi connectivity index (χ4v) is 3.03. The number of nitrogens with zero attached hydrogens (tertiary/aromatic N) is 1. The molecule has 1 aliphatic rings. The number of carbonyl (C=O) groups is 1. The number of hydrogen-bond donors (Lipinski definition) is 0. The summed E-state index contributed by atoms with van der Waals surface area (Å²) in [6.45, 7) is 1.86. The molecule has 1 saturated heterocycles. The number of Topliss-reactive ketones (excluding diaryl/α,β-unsaturated/α-hetero) is 1. The molecule has 0 amide bonds. The van der Waals surface area contributed by atoms with Crippen molar-refractivity contribution in [2.24, 2.45) is 0 Å². The van der Waals surface area contributed by atoms with Crippen molar-refractivity contribution in [1.29, 1.82) is 0 Å². The van der Waals surface area contributed by atoms with Crippen molar-refractivity contribution in [3.8, 4) is 0 Å². The third-order valence-electron chi connectivity index (χ3n) is 2.69. The molecule has 0 saturated carbocycles. The number of thioether (sulfide) groups is 1. The summed E-state index contributed by atoms with van der Waals surface area (Å²) in [6, 6.07) is 2.60. The van der Waals surface area contributed by atoms with Crippen LogP contribution in [-0.4, -0.2) is 21.2 Å². The monoisotopic (exact) mass is 241 g/mol. The van der Waals surface area contributed by atoms with Crippen LogP contribution in [0.4, 0.5) is 5.88 Å². The van der Waals surface area contributed by atoms with Gasteiger partial charge in [0, 0.05) is 0 Å². The Balaban J connectivity index is 2.23. The smallest absolute Gasteiger partial charge is 0.397 e. The summed E-state index contributed by atoms with van der Waals surface area (Å²) >= 11 is 1.59. The minimum Gasteiger partial charge on any atom is -0.397 e. The van der Waals surface area contributed by atoms with E-state index in [1.165, 1.54) is 12.1 Å². The Morgan fingerprint density at radius 2 is 2.38 bits per heavy atom. The Labute approximate surface area is 96.3 Å². The lowest BCUT2D eigenvalue weighted by atomic mass is 9.99. The number of rotatable bonds is 3. The van der Waals surface area contributed by atoms with Crippen LogP contribution in [0.25, 0.3) is 0 Å². The maximum atomic E-state index is 12.1. The molecule has 16 heavy (non-hydrogen) atoms. The largest absolute Gasteiger partial charge is 0.433 e. The van der Waals surface area contributed by atoms with E-state index in [-0.39, 0.29) is 17.4 Å². The molecular weight excluding hydrogens is 230 g/mol. The van der Waals surface area contributed by atoms with E-state index in [0.29, 0.717) is 0 Å². The first kappa shape index (κ1) is 11.2. The number of hydrogen-bond acceptors (Lipinski definition) is 5. The minimum atomic E-state index is -0.638. The van der Waals surface area contributed by atoms with Gasteiger partial charge in [0.15, 0.2) is 5.76 Å². The van der Waals surface area contributed by atoms with Gasteiger partial charge in [0.25, 0.3) is 0 Å². The quantitative estimate of drug-likeness (QED) is 0.462. The van der Waals surface area contributed by atoms with Gasteiger partial charge in [0.2, 0.25) is 5.78 Å². The summed E-state index contributed by atoms with van der Waals surface area (Å²) in [4.78, 5) is 21.9. The predicted molar refractivity (Wildman–Crippen MR) is 59.8 cm³/mol. The van der Waals surface area contributed by atoms with Gasteiger partial charge in [0.1, 0.15) is 4.92 Å². The summed E-state index contributed by atoms with van der Waals surface area (Å²) < 4.78 is 4.44. The molecule has 0 bridgehead atoms. The van der Waals surface area contributed by atoms with Gasteiger partial charge in [-0.3, -0.25) is 14.9 Å². The van der Waals surface area contributed by atoms with Crippen molar-refractivity contribution in [2.75, 3.05) is 5.75 Å². The van der Waals surface area contributed by atoms with E-state index in [9.17, 15) is 14.9 Å². The maximum absolute atomic E-state index is 12.1. The Morgan fingerprint density at radius 3 is 2.88 bits per heavy atom. The fraction of sp³-hybridized carbons (Fsp3) is 0.500. The number of carbonyl (C=O) groups excluding carboxylic acids is 1. The van der Waals surface area contributed by atoms with Crippen molar-refractivity contribution in [2.45, 2.75) is 24.5 Å². The van der Waals surface area contributed by atoms with E-state index in [0.717, 1.165) is 18.6 Å². The number of furan rings is 1. The third-order valence-corrected chi connectivity index (χ3v) is 4.21. The highest BCUT2D eigenvalue weighted by Crippen LogP contribution is 2.40. The third kappa shape index (κ3) is 1.84. The average Bonchev–Trinajstić information content (AvgIpc) is 2.85. The van der Waals surface area contributed by atoms with Gasteiger partial charge in [-0.2, -0.15) is 0 Å². The summed E-state index contributed by atoms with van der Waals surface area (Å²) in [5, 5.41) is 10.4. The van der Waals surface area contributed by atoms with Crippen LogP contribution >= 0.6 is 11.8 Å². The Bertz CT molecular complexity index is 434. The predicted octanol–water partition coefficient (Wildman–Crippen LogP) is 2.66. The van der Waals surface area contributed by atoms with Crippen LogP contribution in [0, 0.1) is 10.1 Å². The fourth-order valence-electron chi connectivity index (χ4n) is 1.77. The SMILES string of the molecule is CC1(C(=O)c2ccc([N+](=O)[O-])o2)CCCS1. The summed E-state index contributed by atoms with van der Waals surface area (Å²) in [6.07, 6.45) is 1.79. The highest BCUT2D eigenvalue weighted by molar-refractivity contribution is 8.01. The van der Waals surface area contributed by atoms with Gasteiger partial charge in [-0.05, 0) is 31.6 Å². The lowest BCUT2D eigenvalue weighted by Crippen LogP contribution is -2.28. The van der Waals surface area contributed by atoms with Crippen LogP contribution < -0.4 is 0 Å². The van der Waals surface area contributed by atoms with E-state index < -0.39 is 9.67 Å². The molecule has 1 fully saturated rings. The van der Waals surface area contributed by atoms with Gasteiger partial charge >= 0.3 is 5.88 Å². The molecule has 1 unspecified atom stereocenters. The molecule has 0 spiro atoms. The summed E-state index contributed by atoms with van der Waals surface area (Å²) in [5.41, 5.74) is 0. The Hall–Kier alpha value is -1.30. The molecule has 0 aliphatic carbocycles. The molecule has 86 valence electrons. The van der Waals surface area contributed by atoms with E-state index in [1.54, 1.807) is 11.8 Å². The molecule has 1 aromatic heterocycles. The lowest BCUT2D eigenvalue weighted by Gasteiger charge is -2.18. The van der Waals surface area contributed by atoms with Crippen LogP contribution in [-0.2, 0) is 0 Å². The van der Waals surface area contributed by atoms with Crippen molar-refractivity contribution in [3.05, 3.63) is 28.0 Å². The maximum Gasteiger partial charge on any atom is 0.433 e. The zero-order valence-electron chi connectivity index (χ0n) is 8.76. The van der Waals surface area contributed by atoms with Gasteiger partial charge in [-0.15, -0.1) is 11.8 Å². The van der Waals surface area contributed by atoms with Crippen molar-refractivity contribution >= 4 is 23.4 Å². The zero-order valence-corrected chi connectivity index (χ0v) is 9.58. The normalized spacial score (nSPS) is 24.6. The van der Waals surface area contributed by atoms with Crippen molar-refractivity contribution in [3.63, 3.8) is 0 Å². The molecule has 1 aromatic rings. The molecule has 1 atom stereocenters. The molecule has 5 nitrogen and oxygen atoms in total. The second-order valence-corrected chi connectivity index (χ2v) is 5.50. The van der Waals surface area contributed by atoms with Crippen LogP contribution in [0.15, 0.2) is 16.5 Å². The highest BCUT2D eigenvalue weighted by Gasteiger charge is 2.39. The first-order valence-electron chi connectivity index (χ1n) is 4.96. The molecule has 2 heterocycles. The molecular formula is C10H11NO4S. The number of ketones is 1. The van der Waals surface area contributed by atoms with Crippen LogP contribution in [0.5, 0.6) is 0 Å². The van der Waals surface area contributed by atoms with Crippen LogP contribution in [0.2, 0.25) is 0 Å². The van der Waals surface area contributed by atoms with Crippen LogP contribution in [0.3, 0.4) is 0 Å². The van der Waals surface area contributed by atoms with Crippen molar-refractivity contribution < 1.29 is 14.1 Å². The molecule has 6 heteroatoms. The first-order valence-corrected chi connectivity index (χ1v) is 5.94. The molecule has 0 aromatic carbocycles. The van der Waals surface area contributed by atoms with Crippen LogP contribution in [0.1, 0.15) is 30.3 Å². The van der Waals surface area contributed by atoms with E-state index in [4.69, 9.17) is 4.42 Å². The van der Waals surface area contributed by atoms with Gasteiger partial charge in [0.05, 0.1) is 10.8 Å². The minimum absolute atomic E-state index is 0.0867. The van der Waals surface area contributed by atoms with E-state index in [2.05, 4.69) is 0 Å². The highest BCUT2D eigenvalue weighted by atomic mass is 32.2. The molecule has 0 N–H and O–H groups in total.